The van der Waals surface area contributed by atoms with Gasteiger partial charge in [-0.25, -0.2) is 4.98 Å². The summed E-state index contributed by atoms with van der Waals surface area (Å²) in [6, 6.07) is 20.1. The van der Waals surface area contributed by atoms with Crippen LogP contribution in [-0.4, -0.2) is 4.98 Å². The summed E-state index contributed by atoms with van der Waals surface area (Å²) in [5.41, 5.74) is 2.87. The first-order valence-corrected chi connectivity index (χ1v) is 6.56. The molecule has 0 aliphatic heterocycles. The molecule has 1 aromatic heterocycles. The number of rotatable bonds is 4. The summed E-state index contributed by atoms with van der Waals surface area (Å²) in [6.07, 6.45) is 1.74. The topological polar surface area (TPSA) is 22.1 Å². The summed E-state index contributed by atoms with van der Waals surface area (Å²) in [4.78, 5) is 4.56. The Bertz CT molecular complexity index is 735. The first kappa shape index (κ1) is 12.4. The SMILES string of the molecule is C=Cc1ccc2cccc(OCc3ccccc3)c2n1. The molecule has 0 unspecified atom stereocenters. The van der Waals surface area contributed by atoms with E-state index >= 15 is 0 Å². The lowest BCUT2D eigenvalue weighted by molar-refractivity contribution is 0.309. The second-order valence-corrected chi connectivity index (χ2v) is 4.54. The van der Waals surface area contributed by atoms with Crippen molar-refractivity contribution < 1.29 is 4.74 Å². The third kappa shape index (κ3) is 2.54. The van der Waals surface area contributed by atoms with Gasteiger partial charge in [0.25, 0.3) is 0 Å². The maximum Gasteiger partial charge on any atom is 0.146 e. The van der Waals surface area contributed by atoms with E-state index in [0.29, 0.717) is 6.61 Å². The molecule has 0 saturated carbocycles. The summed E-state index contributed by atoms with van der Waals surface area (Å²) in [5, 5.41) is 1.07. The number of pyridine rings is 1. The fraction of sp³-hybridized carbons (Fsp3) is 0.0556. The number of benzene rings is 2. The van der Waals surface area contributed by atoms with Gasteiger partial charge in [-0.05, 0) is 23.8 Å². The molecule has 0 atom stereocenters. The zero-order valence-electron chi connectivity index (χ0n) is 11.1. The first-order valence-electron chi connectivity index (χ1n) is 6.56. The molecular weight excluding hydrogens is 246 g/mol. The van der Waals surface area contributed by atoms with Gasteiger partial charge in [0.05, 0.1) is 5.69 Å². The van der Waals surface area contributed by atoms with Crippen molar-refractivity contribution in [3.63, 3.8) is 0 Å². The number of hydrogen-bond acceptors (Lipinski definition) is 2. The molecule has 0 fully saturated rings. The van der Waals surface area contributed by atoms with Gasteiger partial charge >= 0.3 is 0 Å². The van der Waals surface area contributed by atoms with Crippen molar-refractivity contribution in [2.75, 3.05) is 0 Å². The standard InChI is InChI=1S/C18H15NO/c1-2-16-12-11-15-9-6-10-17(18(15)19-16)20-13-14-7-4-3-5-8-14/h2-12H,1,13H2. The number of fused-ring (bicyclic) bond motifs is 1. The molecule has 0 aliphatic rings. The van der Waals surface area contributed by atoms with Gasteiger partial charge in [0.15, 0.2) is 0 Å². The van der Waals surface area contributed by atoms with E-state index in [0.717, 1.165) is 27.9 Å². The van der Waals surface area contributed by atoms with Crippen molar-refractivity contribution in [2.24, 2.45) is 0 Å². The van der Waals surface area contributed by atoms with E-state index in [-0.39, 0.29) is 0 Å². The van der Waals surface area contributed by atoms with Crippen molar-refractivity contribution >= 4 is 17.0 Å². The van der Waals surface area contributed by atoms with Crippen molar-refractivity contribution in [1.82, 2.24) is 4.98 Å². The fourth-order valence-electron chi connectivity index (χ4n) is 2.10. The van der Waals surface area contributed by atoms with E-state index in [1.807, 2.05) is 60.7 Å². The Morgan fingerprint density at radius 3 is 2.60 bits per heavy atom. The van der Waals surface area contributed by atoms with E-state index in [9.17, 15) is 0 Å². The van der Waals surface area contributed by atoms with Crippen LogP contribution in [0.4, 0.5) is 0 Å². The van der Waals surface area contributed by atoms with Crippen LogP contribution >= 0.6 is 0 Å². The minimum atomic E-state index is 0.542. The van der Waals surface area contributed by atoms with Crippen LogP contribution in [0.5, 0.6) is 5.75 Å². The highest BCUT2D eigenvalue weighted by atomic mass is 16.5. The number of ether oxygens (including phenoxy) is 1. The molecule has 0 spiro atoms. The Kier molecular flexibility index (Phi) is 3.46. The highest BCUT2D eigenvalue weighted by Gasteiger charge is 2.04. The lowest BCUT2D eigenvalue weighted by atomic mass is 10.2. The van der Waals surface area contributed by atoms with E-state index in [4.69, 9.17) is 4.74 Å². The predicted octanol–water partition coefficient (Wildman–Crippen LogP) is 4.46. The largest absolute Gasteiger partial charge is 0.487 e. The zero-order valence-corrected chi connectivity index (χ0v) is 11.1. The van der Waals surface area contributed by atoms with Crippen LogP contribution in [0.15, 0.2) is 67.2 Å². The lowest BCUT2D eigenvalue weighted by Gasteiger charge is -2.09. The molecule has 3 aromatic rings. The Morgan fingerprint density at radius 2 is 1.80 bits per heavy atom. The van der Waals surface area contributed by atoms with Gasteiger partial charge in [0.2, 0.25) is 0 Å². The molecule has 0 amide bonds. The van der Waals surface area contributed by atoms with Crippen LogP contribution in [0, 0.1) is 0 Å². The Balaban J connectivity index is 1.92. The maximum absolute atomic E-state index is 5.91. The van der Waals surface area contributed by atoms with Crippen LogP contribution in [0.2, 0.25) is 0 Å². The maximum atomic E-state index is 5.91. The molecule has 2 aromatic carbocycles. The van der Waals surface area contributed by atoms with Crippen molar-refractivity contribution in [3.8, 4) is 5.75 Å². The third-order valence-electron chi connectivity index (χ3n) is 3.15. The average molecular weight is 261 g/mol. The van der Waals surface area contributed by atoms with Crippen molar-refractivity contribution in [3.05, 3.63) is 78.5 Å². The summed E-state index contributed by atoms with van der Waals surface area (Å²) in [5.74, 6) is 0.801. The average Bonchev–Trinajstić information content (AvgIpc) is 2.53. The van der Waals surface area contributed by atoms with E-state index < -0.39 is 0 Å². The summed E-state index contributed by atoms with van der Waals surface area (Å²) in [7, 11) is 0. The normalized spacial score (nSPS) is 10.4. The van der Waals surface area contributed by atoms with Gasteiger partial charge in [-0.1, -0.05) is 55.1 Å². The van der Waals surface area contributed by atoms with E-state index in [2.05, 4.69) is 11.6 Å². The molecule has 0 N–H and O–H groups in total. The minimum absolute atomic E-state index is 0.542. The van der Waals surface area contributed by atoms with Crippen LogP contribution in [0.3, 0.4) is 0 Å². The van der Waals surface area contributed by atoms with Crippen molar-refractivity contribution in [1.29, 1.82) is 0 Å². The first-order chi connectivity index (χ1) is 9.86. The lowest BCUT2D eigenvalue weighted by Crippen LogP contribution is -1.96. The molecule has 0 saturated heterocycles. The molecule has 98 valence electrons. The molecule has 0 aliphatic carbocycles. The smallest absolute Gasteiger partial charge is 0.146 e. The van der Waals surface area contributed by atoms with Gasteiger partial charge in [0, 0.05) is 5.39 Å². The highest BCUT2D eigenvalue weighted by Crippen LogP contribution is 2.25. The van der Waals surface area contributed by atoms with Gasteiger partial charge in [-0.2, -0.15) is 0 Å². The summed E-state index contributed by atoms with van der Waals surface area (Å²) in [6.45, 7) is 4.30. The van der Waals surface area contributed by atoms with Crippen LogP contribution in [0.1, 0.15) is 11.3 Å². The van der Waals surface area contributed by atoms with Gasteiger partial charge < -0.3 is 4.74 Å². The minimum Gasteiger partial charge on any atom is -0.487 e. The summed E-state index contributed by atoms with van der Waals surface area (Å²) < 4.78 is 5.91. The predicted molar refractivity (Wildman–Crippen MR) is 82.6 cm³/mol. The van der Waals surface area contributed by atoms with Gasteiger partial charge in [-0.15, -0.1) is 0 Å². The van der Waals surface area contributed by atoms with Crippen molar-refractivity contribution in [2.45, 2.75) is 6.61 Å². The molecule has 0 radical (unpaired) electrons. The second-order valence-electron chi connectivity index (χ2n) is 4.54. The Morgan fingerprint density at radius 1 is 0.950 bits per heavy atom. The van der Waals surface area contributed by atoms with Gasteiger partial charge in [0.1, 0.15) is 17.9 Å². The number of nitrogens with zero attached hydrogens (tertiary/aromatic N) is 1. The Labute approximate surface area is 118 Å². The molecule has 0 bridgehead atoms. The fourth-order valence-corrected chi connectivity index (χ4v) is 2.10. The number of para-hydroxylation sites is 1. The molecule has 2 heteroatoms. The number of aromatic nitrogens is 1. The third-order valence-corrected chi connectivity index (χ3v) is 3.15. The van der Waals surface area contributed by atoms with Crippen LogP contribution in [-0.2, 0) is 6.61 Å². The quantitative estimate of drug-likeness (QED) is 0.692. The highest BCUT2D eigenvalue weighted by molar-refractivity contribution is 5.85. The molecule has 1 heterocycles. The van der Waals surface area contributed by atoms with Crippen LogP contribution in [0.25, 0.3) is 17.0 Å². The van der Waals surface area contributed by atoms with Gasteiger partial charge in [-0.3, -0.25) is 0 Å². The molecule has 3 rings (SSSR count). The van der Waals surface area contributed by atoms with Crippen LogP contribution < -0.4 is 4.74 Å². The zero-order chi connectivity index (χ0) is 13.8. The molecule has 20 heavy (non-hydrogen) atoms. The monoisotopic (exact) mass is 261 g/mol. The Hall–Kier alpha value is -2.61. The van der Waals surface area contributed by atoms with E-state index in [1.54, 1.807) is 6.08 Å². The molecular formula is C18H15NO. The number of hydrogen-bond donors (Lipinski definition) is 0. The summed E-state index contributed by atoms with van der Waals surface area (Å²) >= 11 is 0. The second kappa shape index (κ2) is 5.57. The molecule has 2 nitrogen and oxygen atoms in total. The van der Waals surface area contributed by atoms with E-state index in [1.165, 1.54) is 0 Å².